The van der Waals surface area contributed by atoms with E-state index >= 15 is 0 Å². The van der Waals surface area contributed by atoms with Crippen molar-refractivity contribution < 1.29 is 58.2 Å². The molecule has 0 saturated carbocycles. The van der Waals surface area contributed by atoms with Gasteiger partial charge >= 0.3 is 7.12 Å². The Bertz CT molecular complexity index is 5310. The summed E-state index contributed by atoms with van der Waals surface area (Å²) >= 11 is 5.81. The number of aromatic nitrogens is 2. The normalized spacial score (nSPS) is 10.3. The van der Waals surface area contributed by atoms with Crippen LogP contribution < -0.4 is 88.1 Å². The standard InChI is InChI=1S/C19H16FNO2.4C18H15P.C12H9ClFNO2.C7H9BO2.Pd/c1-13-6-8-14(9-7-13)15-10-11-16(17(12-15)22-2)23-19-5-3-4-18(20)21-19;4*1-4-10-16(11-5-1)19(17-12-6-2-7-13-17)18-14-8-3-9-15-18;1-16-10-7-8(13)5-6-9(10)17-12-4-2-3-11(14)15-12;1-6-2-4-7(5-3-6)8(9)10;/h3-12H,1-2H3;4*1-15H;2-7H,1H3;2-5,9-10H,1H3;. The van der Waals surface area contributed by atoms with Crippen LogP contribution in [0.25, 0.3) is 11.1 Å². The van der Waals surface area contributed by atoms with Gasteiger partial charge in [-0.1, -0.05) is 453 Å². The molecule has 8 nitrogen and oxygen atoms in total. The van der Waals surface area contributed by atoms with E-state index in [1.54, 1.807) is 61.7 Å². The zero-order valence-electron chi connectivity index (χ0n) is 70.4. The zero-order valence-corrected chi connectivity index (χ0v) is 76.3. The molecule has 634 valence electrons. The van der Waals surface area contributed by atoms with Crippen molar-refractivity contribution in [3.05, 3.63) is 513 Å². The molecule has 2 N–H and O–H groups in total. The van der Waals surface area contributed by atoms with Gasteiger partial charge in [-0.25, -0.2) is 0 Å². The molecule has 0 aliphatic carbocycles. The van der Waals surface area contributed by atoms with Crippen LogP contribution in [0.2, 0.25) is 5.02 Å². The van der Waals surface area contributed by atoms with Crippen molar-refractivity contribution >= 4 is 120 Å². The second-order valence-electron chi connectivity index (χ2n) is 28.0. The number of nitrogens with zero attached hydrogens (tertiary/aromatic N) is 2. The summed E-state index contributed by atoms with van der Waals surface area (Å²) < 4.78 is 47.5. The smallest absolute Gasteiger partial charge is 0.488 e. The summed E-state index contributed by atoms with van der Waals surface area (Å²) in [5.74, 6) is 1.10. The molecular formula is C110H94BClF2N2O6P4Pd. The first-order valence-electron chi connectivity index (χ1n) is 40.8. The Morgan fingerprint density at radius 1 is 0.252 bits per heavy atom. The molecule has 0 spiro atoms. The molecule has 18 rings (SSSR count). The minimum Gasteiger partial charge on any atom is -0.493 e. The van der Waals surface area contributed by atoms with Gasteiger partial charge in [-0.05, 0) is 162 Å². The van der Waals surface area contributed by atoms with E-state index in [-0.39, 0.29) is 32.2 Å². The first-order chi connectivity index (χ1) is 61.8. The molecule has 0 radical (unpaired) electrons. The van der Waals surface area contributed by atoms with Gasteiger partial charge < -0.3 is 29.0 Å². The van der Waals surface area contributed by atoms with Crippen molar-refractivity contribution in [3.63, 3.8) is 0 Å². The van der Waals surface area contributed by atoms with Gasteiger partial charge in [-0.15, -0.1) is 0 Å². The van der Waals surface area contributed by atoms with Crippen molar-refractivity contribution in [2.45, 2.75) is 13.8 Å². The average Bonchev–Trinajstić information content (AvgIpc) is 0.831. The summed E-state index contributed by atoms with van der Waals surface area (Å²) in [4.78, 5) is 7.28. The molecule has 0 aliphatic rings. The molecule has 0 unspecified atom stereocenters. The van der Waals surface area contributed by atoms with Crippen LogP contribution in [0.15, 0.2) is 485 Å². The van der Waals surface area contributed by atoms with Crippen LogP contribution in [-0.4, -0.2) is 41.4 Å². The predicted octanol–water partition coefficient (Wildman–Crippen LogP) is 22.1. The second kappa shape index (κ2) is 51.8. The number of halogens is 3. The third-order valence-electron chi connectivity index (χ3n) is 19.0. The Kier molecular flexibility index (Phi) is 38.9. The SMILES string of the molecule is COc1cc(-c2ccc(C)cc2)ccc1Oc1cccc(F)n1.COc1cc(Cl)ccc1Oc1cccc(F)n1.Cc1ccc(B(O)O)cc1.[Pd].c1ccc(P(c2ccccc2)c2ccccc2)cc1.c1ccc(P(c2ccccc2)c2ccccc2)cc1.c1ccc(P(c2ccccc2)c2ccccc2)cc1.c1ccc(P(c2ccccc2)c2ccccc2)cc1. The molecule has 16 aromatic carbocycles. The van der Waals surface area contributed by atoms with Gasteiger partial charge in [0.25, 0.3) is 0 Å². The topological polar surface area (TPSA) is 103 Å². The van der Waals surface area contributed by atoms with Gasteiger partial charge in [-0.2, -0.15) is 18.7 Å². The maximum atomic E-state index is 13.1. The first kappa shape index (κ1) is 95.2. The number of methoxy groups -OCH3 is 2. The largest absolute Gasteiger partial charge is 0.493 e. The third kappa shape index (κ3) is 29.8. The van der Waals surface area contributed by atoms with Crippen LogP contribution in [0.5, 0.6) is 34.8 Å². The van der Waals surface area contributed by atoms with Crippen molar-refractivity contribution in [3.8, 4) is 45.9 Å². The van der Waals surface area contributed by atoms with Crippen molar-refractivity contribution in [2.24, 2.45) is 0 Å². The Labute approximate surface area is 769 Å². The van der Waals surface area contributed by atoms with Crippen molar-refractivity contribution in [1.82, 2.24) is 9.97 Å². The van der Waals surface area contributed by atoms with Crippen LogP contribution in [0, 0.1) is 25.7 Å². The van der Waals surface area contributed by atoms with Crippen LogP contribution >= 0.6 is 43.3 Å². The minimum atomic E-state index is -1.35. The fourth-order valence-corrected chi connectivity index (χ4v) is 22.4. The summed E-state index contributed by atoms with van der Waals surface area (Å²) in [5, 5.41) is 34.6. The Hall–Kier alpha value is -12.5. The molecule has 0 fully saturated rings. The summed E-state index contributed by atoms with van der Waals surface area (Å²) in [7, 11) is -0.0635. The van der Waals surface area contributed by atoms with Gasteiger partial charge in [0, 0.05) is 43.6 Å². The number of benzene rings is 16. The van der Waals surface area contributed by atoms with E-state index in [2.05, 4.69) is 398 Å². The van der Waals surface area contributed by atoms with Gasteiger partial charge in [0.2, 0.25) is 23.7 Å². The number of hydrogen-bond donors (Lipinski definition) is 2. The zero-order chi connectivity index (χ0) is 87.7. The Morgan fingerprint density at radius 2 is 0.472 bits per heavy atom. The Morgan fingerprint density at radius 3 is 0.701 bits per heavy atom. The molecular weight excluding hydrogens is 1760 g/mol. The minimum absolute atomic E-state index is 0. The van der Waals surface area contributed by atoms with E-state index < -0.39 is 50.7 Å². The molecule has 18 aromatic rings. The summed E-state index contributed by atoms with van der Waals surface area (Å²) in [6.45, 7) is 4.00. The van der Waals surface area contributed by atoms with Crippen molar-refractivity contribution in [2.75, 3.05) is 14.2 Å². The van der Waals surface area contributed by atoms with E-state index in [9.17, 15) is 8.78 Å². The fourth-order valence-electron chi connectivity index (χ4n) is 13.0. The van der Waals surface area contributed by atoms with E-state index in [0.717, 1.165) is 16.7 Å². The molecule has 17 heteroatoms. The van der Waals surface area contributed by atoms with Gasteiger partial charge in [0.1, 0.15) is 0 Å². The number of ether oxygens (including phenoxy) is 4. The number of rotatable bonds is 20. The third-order valence-corrected chi connectivity index (χ3v) is 29.0. The average molecular weight is 1850 g/mol. The van der Waals surface area contributed by atoms with Crippen LogP contribution in [0.4, 0.5) is 8.78 Å². The first-order valence-corrected chi connectivity index (χ1v) is 46.5. The van der Waals surface area contributed by atoms with Gasteiger partial charge in [0.05, 0.1) is 14.2 Å². The maximum absolute atomic E-state index is 13.1. The number of aryl methyl sites for hydroxylation is 2. The fraction of sp³-hybridized carbons (Fsp3) is 0.0364. The quantitative estimate of drug-likeness (QED) is 0.0442. The van der Waals surface area contributed by atoms with E-state index in [1.165, 1.54) is 94.5 Å². The van der Waals surface area contributed by atoms with Gasteiger partial charge in [-0.3, -0.25) is 0 Å². The molecule has 2 heterocycles. The molecule has 0 bridgehead atoms. The molecule has 0 amide bonds. The number of hydrogen-bond acceptors (Lipinski definition) is 8. The van der Waals surface area contributed by atoms with Gasteiger partial charge in [0.15, 0.2) is 23.0 Å². The molecule has 0 saturated heterocycles. The Balaban J connectivity index is 0.000000145. The molecule has 2 aromatic heterocycles. The summed E-state index contributed by atoms with van der Waals surface area (Å²) in [6, 6.07) is 164. The summed E-state index contributed by atoms with van der Waals surface area (Å²) in [5.41, 5.74) is 4.96. The van der Waals surface area contributed by atoms with Crippen molar-refractivity contribution in [1.29, 1.82) is 0 Å². The van der Waals surface area contributed by atoms with Crippen LogP contribution in [-0.2, 0) is 20.4 Å². The van der Waals surface area contributed by atoms with E-state index in [0.29, 0.717) is 33.5 Å². The van der Waals surface area contributed by atoms with Crippen LogP contribution in [0.3, 0.4) is 0 Å². The molecule has 0 aliphatic heterocycles. The predicted molar refractivity (Wildman–Crippen MR) is 531 cm³/mol. The maximum Gasteiger partial charge on any atom is 0.488 e. The van der Waals surface area contributed by atoms with Crippen LogP contribution in [0.1, 0.15) is 11.1 Å². The number of pyridine rings is 2. The summed E-state index contributed by atoms with van der Waals surface area (Å²) in [6.07, 6.45) is 0. The monoisotopic (exact) mass is 1850 g/mol. The van der Waals surface area contributed by atoms with E-state index in [4.69, 9.17) is 40.6 Å². The van der Waals surface area contributed by atoms with E-state index in [1.807, 2.05) is 38.1 Å². The second-order valence-corrected chi connectivity index (χ2v) is 37.3. The molecule has 127 heavy (non-hydrogen) atoms. The molecule has 0 atom stereocenters.